The number of ether oxygens (including phenoxy) is 1. The van der Waals surface area contributed by atoms with Crippen LogP contribution in [0.2, 0.25) is 5.02 Å². The standard InChI is InChI=1S/C17H17ClN4O/c1-4-23-17-9-15(16(22(2)3)8-13(17)20)21-14-6-5-11(10-19)7-12(14)18/h5-9,20H,4H2,1-3H3. The Morgan fingerprint density at radius 1 is 1.35 bits per heavy atom. The van der Waals surface area contributed by atoms with E-state index in [9.17, 15) is 0 Å². The molecule has 0 amide bonds. The zero-order valence-corrected chi connectivity index (χ0v) is 14.0. The van der Waals surface area contributed by atoms with Crippen molar-refractivity contribution in [2.24, 2.45) is 4.99 Å². The summed E-state index contributed by atoms with van der Waals surface area (Å²) < 4.78 is 5.47. The van der Waals surface area contributed by atoms with Crippen LogP contribution in [0.1, 0.15) is 12.5 Å². The van der Waals surface area contributed by atoms with Crippen LogP contribution in [-0.2, 0) is 4.74 Å². The van der Waals surface area contributed by atoms with Gasteiger partial charge in [0, 0.05) is 20.2 Å². The summed E-state index contributed by atoms with van der Waals surface area (Å²) >= 11 is 6.20. The molecular weight excluding hydrogens is 312 g/mol. The van der Waals surface area contributed by atoms with Crippen molar-refractivity contribution in [1.82, 2.24) is 4.90 Å². The van der Waals surface area contributed by atoms with Gasteiger partial charge < -0.3 is 9.64 Å². The average Bonchev–Trinajstić information content (AvgIpc) is 2.52. The van der Waals surface area contributed by atoms with Crippen LogP contribution in [0, 0.1) is 16.7 Å². The summed E-state index contributed by atoms with van der Waals surface area (Å²) in [4.78, 5) is 6.45. The molecule has 6 heteroatoms. The lowest BCUT2D eigenvalue weighted by Gasteiger charge is -2.22. The molecule has 0 aliphatic heterocycles. The van der Waals surface area contributed by atoms with Gasteiger partial charge in [-0.1, -0.05) is 11.6 Å². The van der Waals surface area contributed by atoms with Crippen molar-refractivity contribution in [3.8, 4) is 6.07 Å². The van der Waals surface area contributed by atoms with Gasteiger partial charge in [0.2, 0.25) is 0 Å². The maximum atomic E-state index is 8.90. The molecule has 0 aromatic heterocycles. The summed E-state index contributed by atoms with van der Waals surface area (Å²) in [6.45, 7) is 2.35. The molecule has 0 heterocycles. The van der Waals surface area contributed by atoms with Crippen LogP contribution in [0.25, 0.3) is 0 Å². The van der Waals surface area contributed by atoms with Crippen LogP contribution < -0.4 is 0 Å². The minimum atomic E-state index is 0.306. The fourth-order valence-corrected chi connectivity index (χ4v) is 2.30. The number of hydrogen-bond donors (Lipinski definition) is 1. The summed E-state index contributed by atoms with van der Waals surface area (Å²) in [5, 5.41) is 17.3. The molecule has 0 fully saturated rings. The fraction of sp³-hybridized carbons (Fsp3) is 0.235. The molecule has 23 heavy (non-hydrogen) atoms. The highest BCUT2D eigenvalue weighted by atomic mass is 35.5. The SMILES string of the molecule is CCOC1=CC(=Nc2ccc(C#N)cc2Cl)C(N(C)C)=CC1=N. The Hall–Kier alpha value is -2.58. The first kappa shape index (κ1) is 16.8. The minimum Gasteiger partial charge on any atom is -0.492 e. The largest absolute Gasteiger partial charge is 0.492 e. The van der Waals surface area contributed by atoms with Gasteiger partial charge in [0.25, 0.3) is 0 Å². The zero-order chi connectivity index (χ0) is 17.0. The Morgan fingerprint density at radius 2 is 2.09 bits per heavy atom. The van der Waals surface area contributed by atoms with Gasteiger partial charge in [-0.3, -0.25) is 5.41 Å². The number of hydrogen-bond acceptors (Lipinski definition) is 5. The van der Waals surface area contributed by atoms with Gasteiger partial charge in [0.15, 0.2) is 0 Å². The van der Waals surface area contributed by atoms with E-state index in [1.807, 2.05) is 32.0 Å². The summed E-state index contributed by atoms with van der Waals surface area (Å²) in [6, 6.07) is 7.00. The molecule has 0 unspecified atom stereocenters. The topological polar surface area (TPSA) is 72.5 Å². The van der Waals surface area contributed by atoms with Crippen LogP contribution in [-0.4, -0.2) is 37.0 Å². The summed E-state index contributed by atoms with van der Waals surface area (Å²) in [5.74, 6) is 0.474. The lowest BCUT2D eigenvalue weighted by atomic mass is 10.1. The van der Waals surface area contributed by atoms with Crippen LogP contribution >= 0.6 is 11.6 Å². The van der Waals surface area contributed by atoms with Crippen LogP contribution in [0.4, 0.5) is 5.69 Å². The van der Waals surface area contributed by atoms with Gasteiger partial charge in [-0.25, -0.2) is 4.99 Å². The second-order valence-electron chi connectivity index (χ2n) is 5.05. The molecule has 0 atom stereocenters. The van der Waals surface area contributed by atoms with E-state index in [4.69, 9.17) is 27.0 Å². The maximum Gasteiger partial charge on any atom is 0.146 e. The number of halogens is 1. The lowest BCUT2D eigenvalue weighted by molar-refractivity contribution is 0.249. The van der Waals surface area contributed by atoms with E-state index in [0.29, 0.717) is 40.1 Å². The first-order valence-corrected chi connectivity index (χ1v) is 7.45. The number of rotatable bonds is 4. The molecule has 5 nitrogen and oxygen atoms in total. The van der Waals surface area contributed by atoms with E-state index in [1.54, 1.807) is 30.4 Å². The Kier molecular flexibility index (Phi) is 5.20. The van der Waals surface area contributed by atoms with Crippen LogP contribution in [0.3, 0.4) is 0 Å². The summed E-state index contributed by atoms with van der Waals surface area (Å²) in [5.41, 5.74) is 2.80. The predicted molar refractivity (Wildman–Crippen MR) is 92.5 cm³/mol. The Balaban J connectivity index is 2.50. The van der Waals surface area contributed by atoms with Crippen molar-refractivity contribution in [1.29, 1.82) is 10.7 Å². The molecule has 0 radical (unpaired) electrons. The van der Waals surface area contributed by atoms with Gasteiger partial charge in [-0.05, 0) is 31.2 Å². The van der Waals surface area contributed by atoms with Gasteiger partial charge >= 0.3 is 0 Å². The van der Waals surface area contributed by atoms with Crippen molar-refractivity contribution in [2.45, 2.75) is 6.92 Å². The van der Waals surface area contributed by atoms with Crippen LogP contribution in [0.15, 0.2) is 46.8 Å². The normalized spacial score (nSPS) is 15.8. The first-order chi connectivity index (χ1) is 11.0. The molecule has 1 N–H and O–H groups in total. The van der Waals surface area contributed by atoms with E-state index in [0.717, 1.165) is 5.70 Å². The van der Waals surface area contributed by atoms with E-state index >= 15 is 0 Å². The van der Waals surface area contributed by atoms with Gasteiger partial charge in [0.1, 0.15) is 5.76 Å². The quantitative estimate of drug-likeness (QED) is 0.857. The first-order valence-electron chi connectivity index (χ1n) is 7.07. The molecule has 1 aromatic rings. The molecule has 0 saturated heterocycles. The number of nitrogens with zero attached hydrogens (tertiary/aromatic N) is 3. The Bertz CT molecular complexity index is 769. The van der Waals surface area contributed by atoms with E-state index in [-0.39, 0.29) is 0 Å². The third-order valence-electron chi connectivity index (χ3n) is 3.18. The van der Waals surface area contributed by atoms with Crippen molar-refractivity contribution in [3.63, 3.8) is 0 Å². The van der Waals surface area contributed by atoms with Gasteiger partial charge in [-0.2, -0.15) is 5.26 Å². The lowest BCUT2D eigenvalue weighted by Crippen LogP contribution is -2.24. The number of aliphatic imine (C=N–C) groups is 1. The maximum absolute atomic E-state index is 8.90. The molecule has 0 bridgehead atoms. The van der Waals surface area contributed by atoms with Crippen molar-refractivity contribution in [2.75, 3.05) is 20.7 Å². The smallest absolute Gasteiger partial charge is 0.146 e. The summed E-state index contributed by atoms with van der Waals surface area (Å²) in [7, 11) is 3.77. The van der Waals surface area contributed by atoms with Crippen molar-refractivity contribution in [3.05, 3.63) is 52.4 Å². The van der Waals surface area contributed by atoms with E-state index < -0.39 is 0 Å². The predicted octanol–water partition coefficient (Wildman–Crippen LogP) is 3.68. The third kappa shape index (κ3) is 3.79. The molecule has 0 saturated carbocycles. The Morgan fingerprint density at radius 3 is 2.65 bits per heavy atom. The zero-order valence-electron chi connectivity index (χ0n) is 13.2. The third-order valence-corrected chi connectivity index (χ3v) is 3.48. The second-order valence-corrected chi connectivity index (χ2v) is 5.46. The molecule has 2 rings (SSSR count). The van der Waals surface area contributed by atoms with E-state index in [1.165, 1.54) is 0 Å². The monoisotopic (exact) mass is 328 g/mol. The number of nitrogens with one attached hydrogen (secondary N) is 1. The molecule has 1 aromatic carbocycles. The molecule has 0 spiro atoms. The highest BCUT2D eigenvalue weighted by Gasteiger charge is 2.19. The van der Waals surface area contributed by atoms with Gasteiger partial charge in [0.05, 0.1) is 46.1 Å². The van der Waals surface area contributed by atoms with E-state index in [2.05, 4.69) is 4.99 Å². The molecule has 1 aliphatic carbocycles. The van der Waals surface area contributed by atoms with Crippen molar-refractivity contribution >= 4 is 28.7 Å². The molecule has 118 valence electrons. The number of nitriles is 1. The summed E-state index contributed by atoms with van der Waals surface area (Å²) in [6.07, 6.45) is 3.44. The average molecular weight is 329 g/mol. The highest BCUT2D eigenvalue weighted by Crippen LogP contribution is 2.28. The number of benzene rings is 1. The highest BCUT2D eigenvalue weighted by molar-refractivity contribution is 6.33. The molecular formula is C17H17ClN4O. The molecule has 1 aliphatic rings. The van der Waals surface area contributed by atoms with Gasteiger partial charge in [-0.15, -0.1) is 0 Å². The second kappa shape index (κ2) is 7.12. The number of allylic oxidation sites excluding steroid dienone is 2. The van der Waals surface area contributed by atoms with Crippen LogP contribution in [0.5, 0.6) is 0 Å². The minimum absolute atomic E-state index is 0.306. The fourth-order valence-electron chi connectivity index (χ4n) is 2.08. The van der Waals surface area contributed by atoms with Crippen molar-refractivity contribution < 1.29 is 4.74 Å². The Labute approximate surface area is 140 Å².